The second-order valence-corrected chi connectivity index (χ2v) is 4.72. The van der Waals surface area contributed by atoms with E-state index in [9.17, 15) is 5.11 Å². The monoisotopic (exact) mass is 225 g/mol. The number of nitrogens with one attached hydrogen (secondary N) is 1. The molecule has 0 aromatic carbocycles. The van der Waals surface area contributed by atoms with E-state index in [4.69, 9.17) is 4.42 Å². The Labute approximate surface area is 97.9 Å². The summed E-state index contributed by atoms with van der Waals surface area (Å²) in [6, 6.07) is 4.49. The lowest BCUT2D eigenvalue weighted by atomic mass is 10.0. The zero-order valence-electron chi connectivity index (χ0n) is 10.4. The molecule has 3 nitrogen and oxygen atoms in total. The molecule has 0 aliphatic carbocycles. The van der Waals surface area contributed by atoms with Crippen LogP contribution in [0.3, 0.4) is 0 Å². The Morgan fingerprint density at radius 1 is 1.38 bits per heavy atom. The van der Waals surface area contributed by atoms with Crippen molar-refractivity contribution in [2.24, 2.45) is 5.92 Å². The molecule has 3 heteroatoms. The van der Waals surface area contributed by atoms with Gasteiger partial charge in [-0.15, -0.1) is 0 Å². The van der Waals surface area contributed by atoms with Gasteiger partial charge in [0.25, 0.3) is 0 Å². The molecule has 2 atom stereocenters. The normalized spacial score (nSPS) is 15.3. The zero-order valence-corrected chi connectivity index (χ0v) is 10.4. The van der Waals surface area contributed by atoms with Crippen molar-refractivity contribution in [3.05, 3.63) is 24.2 Å². The maximum atomic E-state index is 9.22. The molecule has 1 unspecified atom stereocenters. The quantitative estimate of drug-likeness (QED) is 0.748. The van der Waals surface area contributed by atoms with Crippen LogP contribution in [0.1, 0.15) is 33.0 Å². The lowest BCUT2D eigenvalue weighted by Crippen LogP contribution is -2.42. The molecular weight excluding hydrogens is 202 g/mol. The lowest BCUT2D eigenvalue weighted by Gasteiger charge is -2.24. The van der Waals surface area contributed by atoms with E-state index in [-0.39, 0.29) is 12.6 Å². The van der Waals surface area contributed by atoms with Crippen LogP contribution in [0.2, 0.25) is 0 Å². The predicted molar refractivity (Wildman–Crippen MR) is 65.3 cm³/mol. The van der Waals surface area contributed by atoms with Gasteiger partial charge in [-0.1, -0.05) is 13.8 Å². The Morgan fingerprint density at radius 2 is 2.12 bits per heavy atom. The molecule has 92 valence electrons. The fourth-order valence-electron chi connectivity index (χ4n) is 1.72. The summed E-state index contributed by atoms with van der Waals surface area (Å²) in [5, 5.41) is 12.7. The summed E-state index contributed by atoms with van der Waals surface area (Å²) in [6.45, 7) is 6.58. The lowest BCUT2D eigenvalue weighted by molar-refractivity contribution is 0.199. The summed E-state index contributed by atoms with van der Waals surface area (Å²) >= 11 is 0. The molecule has 0 radical (unpaired) electrons. The zero-order chi connectivity index (χ0) is 12.0. The van der Waals surface area contributed by atoms with Gasteiger partial charge in [0.2, 0.25) is 0 Å². The summed E-state index contributed by atoms with van der Waals surface area (Å²) in [7, 11) is 0. The molecule has 0 amide bonds. The van der Waals surface area contributed by atoms with Crippen LogP contribution >= 0.6 is 0 Å². The van der Waals surface area contributed by atoms with Crippen molar-refractivity contribution in [1.29, 1.82) is 0 Å². The van der Waals surface area contributed by atoms with E-state index in [0.29, 0.717) is 12.0 Å². The highest BCUT2D eigenvalue weighted by Gasteiger charge is 2.14. The van der Waals surface area contributed by atoms with Gasteiger partial charge in [-0.2, -0.15) is 0 Å². The van der Waals surface area contributed by atoms with Gasteiger partial charge in [-0.3, -0.25) is 0 Å². The van der Waals surface area contributed by atoms with Crippen LogP contribution < -0.4 is 5.32 Å². The molecule has 0 fully saturated rings. The first-order valence-corrected chi connectivity index (χ1v) is 6.02. The molecule has 16 heavy (non-hydrogen) atoms. The number of hydrogen-bond acceptors (Lipinski definition) is 3. The average Bonchev–Trinajstić information content (AvgIpc) is 2.75. The molecule has 0 aliphatic rings. The number of rotatable bonds is 7. The Bertz CT molecular complexity index is 269. The highest BCUT2D eigenvalue weighted by atomic mass is 16.3. The summed E-state index contributed by atoms with van der Waals surface area (Å²) in [5.41, 5.74) is 0. The fourth-order valence-corrected chi connectivity index (χ4v) is 1.72. The Morgan fingerprint density at radius 3 is 2.62 bits per heavy atom. The molecule has 0 saturated carbocycles. The molecule has 1 aromatic rings. The molecule has 2 N–H and O–H groups in total. The maximum absolute atomic E-state index is 9.22. The van der Waals surface area contributed by atoms with Gasteiger partial charge in [0, 0.05) is 18.5 Å². The molecule has 1 heterocycles. The number of aliphatic hydroxyl groups is 1. The average molecular weight is 225 g/mol. The molecule has 0 bridgehead atoms. The molecule has 0 aliphatic heterocycles. The van der Waals surface area contributed by atoms with E-state index in [0.717, 1.165) is 18.6 Å². The third kappa shape index (κ3) is 4.37. The van der Waals surface area contributed by atoms with Gasteiger partial charge < -0.3 is 14.8 Å². The highest BCUT2D eigenvalue weighted by molar-refractivity contribution is 4.98. The van der Waals surface area contributed by atoms with Crippen LogP contribution in [0.15, 0.2) is 22.8 Å². The largest absolute Gasteiger partial charge is 0.469 e. The number of furan rings is 1. The molecular formula is C13H23NO2. The van der Waals surface area contributed by atoms with Crippen molar-refractivity contribution in [3.63, 3.8) is 0 Å². The third-order valence-corrected chi connectivity index (χ3v) is 2.90. The van der Waals surface area contributed by atoms with Gasteiger partial charge in [-0.05, 0) is 31.4 Å². The van der Waals surface area contributed by atoms with Crippen LogP contribution in [0.25, 0.3) is 0 Å². The van der Waals surface area contributed by atoms with E-state index in [2.05, 4.69) is 26.1 Å². The first-order valence-electron chi connectivity index (χ1n) is 6.02. The summed E-state index contributed by atoms with van der Waals surface area (Å²) in [5.74, 6) is 1.48. The number of aryl methyl sites for hydroxylation is 1. The van der Waals surface area contributed by atoms with Crippen molar-refractivity contribution in [1.82, 2.24) is 5.32 Å². The Hall–Kier alpha value is -0.800. The van der Waals surface area contributed by atoms with Crippen molar-refractivity contribution in [2.45, 2.75) is 45.7 Å². The molecule has 0 saturated heterocycles. The first-order chi connectivity index (χ1) is 7.63. The van der Waals surface area contributed by atoms with Gasteiger partial charge >= 0.3 is 0 Å². The van der Waals surface area contributed by atoms with Crippen LogP contribution in [0.5, 0.6) is 0 Å². The Balaban J connectivity index is 2.27. The van der Waals surface area contributed by atoms with Crippen LogP contribution in [-0.2, 0) is 6.42 Å². The van der Waals surface area contributed by atoms with E-state index in [1.54, 1.807) is 6.26 Å². The van der Waals surface area contributed by atoms with Gasteiger partial charge in [-0.25, -0.2) is 0 Å². The van der Waals surface area contributed by atoms with E-state index in [1.807, 2.05) is 12.1 Å². The van der Waals surface area contributed by atoms with Crippen molar-refractivity contribution in [3.8, 4) is 0 Å². The molecule has 1 rings (SSSR count). The van der Waals surface area contributed by atoms with Gasteiger partial charge in [0.1, 0.15) is 5.76 Å². The van der Waals surface area contributed by atoms with Crippen molar-refractivity contribution >= 4 is 0 Å². The minimum atomic E-state index is 0.187. The molecule has 0 spiro atoms. The Kier molecular flexibility index (Phi) is 5.56. The summed E-state index contributed by atoms with van der Waals surface area (Å²) in [6.07, 6.45) is 3.67. The van der Waals surface area contributed by atoms with E-state index >= 15 is 0 Å². The topological polar surface area (TPSA) is 45.4 Å². The standard InChI is InChI=1S/C13H23NO2/c1-10(2)13(9-15)14-11(3)6-7-12-5-4-8-16-12/h4-5,8,10-11,13-15H,6-7,9H2,1-3H3/t11?,13-/m1/s1. The fraction of sp³-hybridized carbons (Fsp3) is 0.692. The van der Waals surface area contributed by atoms with Crippen molar-refractivity contribution in [2.75, 3.05) is 6.61 Å². The maximum Gasteiger partial charge on any atom is 0.103 e. The first kappa shape index (κ1) is 13.3. The number of hydrogen-bond donors (Lipinski definition) is 2. The number of aliphatic hydroxyl groups excluding tert-OH is 1. The predicted octanol–water partition coefficient (Wildman–Crippen LogP) is 2.21. The second-order valence-electron chi connectivity index (χ2n) is 4.72. The SMILES string of the molecule is CC(CCc1ccco1)N[C@H](CO)C(C)C. The van der Waals surface area contributed by atoms with Gasteiger partial charge in [0.05, 0.1) is 12.9 Å². The third-order valence-electron chi connectivity index (χ3n) is 2.90. The highest BCUT2D eigenvalue weighted by Crippen LogP contribution is 2.08. The van der Waals surface area contributed by atoms with E-state index < -0.39 is 0 Å². The van der Waals surface area contributed by atoms with Crippen LogP contribution in [0, 0.1) is 5.92 Å². The van der Waals surface area contributed by atoms with Crippen LogP contribution in [-0.4, -0.2) is 23.8 Å². The minimum absolute atomic E-state index is 0.187. The van der Waals surface area contributed by atoms with Crippen molar-refractivity contribution < 1.29 is 9.52 Å². The van der Waals surface area contributed by atoms with Gasteiger partial charge in [0.15, 0.2) is 0 Å². The van der Waals surface area contributed by atoms with E-state index in [1.165, 1.54) is 0 Å². The second kappa shape index (κ2) is 6.71. The summed E-state index contributed by atoms with van der Waals surface area (Å²) < 4.78 is 5.29. The minimum Gasteiger partial charge on any atom is -0.469 e. The summed E-state index contributed by atoms with van der Waals surface area (Å²) in [4.78, 5) is 0. The smallest absolute Gasteiger partial charge is 0.103 e. The molecule has 1 aromatic heterocycles. The van der Waals surface area contributed by atoms with Crippen LogP contribution in [0.4, 0.5) is 0 Å².